The van der Waals surface area contributed by atoms with Crippen molar-refractivity contribution in [3.05, 3.63) is 53.1 Å². The predicted molar refractivity (Wildman–Crippen MR) is 130 cm³/mol. The number of fused-ring (bicyclic) bond motifs is 1. The molecule has 1 spiro atoms. The highest BCUT2D eigenvalue weighted by molar-refractivity contribution is 5.94. The molecule has 4 fully saturated rings. The maximum atomic E-state index is 13.5. The van der Waals surface area contributed by atoms with Gasteiger partial charge in [-0.1, -0.05) is 55.3 Å². The van der Waals surface area contributed by atoms with Gasteiger partial charge in [0.05, 0.1) is 6.61 Å². The Bertz CT molecular complexity index is 1240. The summed E-state index contributed by atoms with van der Waals surface area (Å²) in [5.74, 6) is -4.81. The number of aliphatic hydroxyl groups is 2. The minimum Gasteiger partial charge on any atom is -0.461 e. The number of rotatable bonds is 3. The van der Waals surface area contributed by atoms with Gasteiger partial charge < -0.3 is 24.4 Å². The van der Waals surface area contributed by atoms with E-state index in [-0.39, 0.29) is 37.1 Å². The Balaban J connectivity index is 1.45. The summed E-state index contributed by atoms with van der Waals surface area (Å²) in [4.78, 5) is 39.2. The van der Waals surface area contributed by atoms with Crippen LogP contribution in [0.2, 0.25) is 0 Å². The number of ether oxygens (including phenoxy) is 3. The zero-order valence-corrected chi connectivity index (χ0v) is 21.2. The molecule has 8 heteroatoms. The third-order valence-electron chi connectivity index (χ3n) is 9.89. The van der Waals surface area contributed by atoms with Gasteiger partial charge >= 0.3 is 11.9 Å². The van der Waals surface area contributed by atoms with E-state index in [1.165, 1.54) is 6.08 Å². The number of Topliss-reactive ketones (excluding diaryl/α,β-unsaturated/α-hetero) is 1. The summed E-state index contributed by atoms with van der Waals surface area (Å²) < 4.78 is 17.8. The van der Waals surface area contributed by atoms with Gasteiger partial charge in [-0.3, -0.25) is 9.59 Å². The first-order valence-electron chi connectivity index (χ1n) is 12.9. The Morgan fingerprint density at radius 1 is 1.19 bits per heavy atom. The number of allylic oxidation sites excluding steroid dienone is 1. The molecule has 2 saturated heterocycles. The highest BCUT2D eigenvalue weighted by Gasteiger charge is 2.81. The summed E-state index contributed by atoms with van der Waals surface area (Å²) in [6.45, 7) is 5.59. The fourth-order valence-electron chi connectivity index (χ4n) is 8.46. The first kappa shape index (κ1) is 24.5. The molecule has 2 aliphatic heterocycles. The molecule has 3 aliphatic carbocycles. The van der Waals surface area contributed by atoms with Crippen LogP contribution >= 0.6 is 0 Å². The summed E-state index contributed by atoms with van der Waals surface area (Å²) in [5.41, 5.74) is 0.474. The van der Waals surface area contributed by atoms with E-state index in [2.05, 4.69) is 0 Å². The van der Waals surface area contributed by atoms with Crippen molar-refractivity contribution >= 4 is 23.8 Å². The van der Waals surface area contributed by atoms with Gasteiger partial charge in [-0.25, -0.2) is 4.79 Å². The molecule has 1 aromatic carbocycles. The molecule has 6 rings (SSSR count). The molecule has 2 N–H and O–H groups in total. The lowest BCUT2D eigenvalue weighted by Crippen LogP contribution is -2.74. The normalized spacial score (nSPS) is 44.4. The van der Waals surface area contributed by atoms with Crippen molar-refractivity contribution in [2.45, 2.75) is 64.1 Å². The third kappa shape index (κ3) is 3.15. The van der Waals surface area contributed by atoms with Gasteiger partial charge in [0.25, 0.3) is 0 Å². The number of benzene rings is 1. The Morgan fingerprint density at radius 3 is 2.65 bits per heavy atom. The Morgan fingerprint density at radius 2 is 1.92 bits per heavy atom. The van der Waals surface area contributed by atoms with Crippen LogP contribution in [-0.2, 0) is 28.6 Å². The maximum Gasteiger partial charge on any atom is 0.331 e. The molecule has 0 radical (unpaired) electrons. The van der Waals surface area contributed by atoms with Crippen LogP contribution in [0.5, 0.6) is 0 Å². The predicted octanol–water partition coefficient (Wildman–Crippen LogP) is 2.57. The van der Waals surface area contributed by atoms with Crippen LogP contribution in [0.4, 0.5) is 0 Å². The van der Waals surface area contributed by atoms with Crippen LogP contribution in [0.3, 0.4) is 0 Å². The molecule has 5 aliphatic rings. The van der Waals surface area contributed by atoms with Crippen molar-refractivity contribution in [3.63, 3.8) is 0 Å². The minimum absolute atomic E-state index is 0.0862. The molecule has 9 atom stereocenters. The second-order valence-electron chi connectivity index (χ2n) is 11.6. The van der Waals surface area contributed by atoms with Gasteiger partial charge in [0.2, 0.25) is 0 Å². The molecular weight excluding hydrogens is 476 g/mol. The number of hydrogen-bond donors (Lipinski definition) is 2. The van der Waals surface area contributed by atoms with Crippen LogP contribution < -0.4 is 0 Å². The number of esters is 2. The zero-order valence-electron chi connectivity index (χ0n) is 21.2. The summed E-state index contributed by atoms with van der Waals surface area (Å²) in [5, 5.41) is 23.3. The lowest BCUT2D eigenvalue weighted by Gasteiger charge is -2.66. The number of aliphatic hydroxyl groups excluding tert-OH is 1. The molecule has 2 saturated carbocycles. The van der Waals surface area contributed by atoms with Crippen molar-refractivity contribution in [2.24, 2.45) is 28.6 Å². The highest BCUT2D eigenvalue weighted by atomic mass is 16.6. The monoisotopic (exact) mass is 508 g/mol. The van der Waals surface area contributed by atoms with E-state index in [1.807, 2.05) is 51.1 Å². The Hall–Kier alpha value is -2.81. The van der Waals surface area contributed by atoms with Gasteiger partial charge in [0, 0.05) is 42.1 Å². The van der Waals surface area contributed by atoms with Crippen LogP contribution in [0.15, 0.2) is 47.6 Å². The fraction of sp³-hybridized carbons (Fsp3) is 0.552. The van der Waals surface area contributed by atoms with Crippen molar-refractivity contribution in [1.29, 1.82) is 0 Å². The zero-order chi connectivity index (χ0) is 26.3. The second kappa shape index (κ2) is 8.09. The van der Waals surface area contributed by atoms with E-state index >= 15 is 0 Å². The second-order valence-corrected chi connectivity index (χ2v) is 11.6. The topological polar surface area (TPSA) is 119 Å². The number of ketones is 1. The van der Waals surface area contributed by atoms with Crippen molar-refractivity contribution in [1.82, 2.24) is 0 Å². The lowest BCUT2D eigenvalue weighted by atomic mass is 9.39. The molecule has 0 unspecified atom stereocenters. The molecule has 8 nitrogen and oxygen atoms in total. The molecule has 196 valence electrons. The van der Waals surface area contributed by atoms with E-state index in [1.54, 1.807) is 6.08 Å². The van der Waals surface area contributed by atoms with Crippen LogP contribution in [0, 0.1) is 28.6 Å². The summed E-state index contributed by atoms with van der Waals surface area (Å²) >= 11 is 0. The van der Waals surface area contributed by atoms with Crippen LogP contribution in [0.25, 0.3) is 6.08 Å². The quantitative estimate of drug-likeness (QED) is 0.363. The molecule has 1 aromatic rings. The van der Waals surface area contributed by atoms with Gasteiger partial charge in [-0.2, -0.15) is 0 Å². The van der Waals surface area contributed by atoms with Crippen LogP contribution in [0.1, 0.15) is 45.6 Å². The van der Waals surface area contributed by atoms with E-state index in [9.17, 15) is 24.6 Å². The molecule has 37 heavy (non-hydrogen) atoms. The molecule has 2 bridgehead atoms. The smallest absolute Gasteiger partial charge is 0.331 e. The van der Waals surface area contributed by atoms with Gasteiger partial charge in [-0.05, 0) is 30.4 Å². The number of carbonyl (C=O) groups is 3. The standard InChI is InChI=1S/C29H32O8/c1-15-11-20(30)25(37-22(31)10-9-17-7-5-4-6-8-17)27(3)18(15)12-21-28-14-35-29(34,26(27)28)24(33)16(2)19(28)13-23(32)36-21/h4-10,16,19,21,24-26,33-34H,11-14H2,1-3H3/t16-,19+,21-,24-,25-,26-,27-,28-,29-/m1/s1. The third-order valence-corrected chi connectivity index (χ3v) is 9.89. The first-order chi connectivity index (χ1) is 17.5. The number of hydrogen-bond acceptors (Lipinski definition) is 8. The maximum absolute atomic E-state index is 13.5. The molecular formula is C29H32O8. The van der Waals surface area contributed by atoms with E-state index in [0.29, 0.717) is 6.42 Å². The molecule has 0 aromatic heterocycles. The van der Waals surface area contributed by atoms with E-state index in [0.717, 1.165) is 16.7 Å². The lowest BCUT2D eigenvalue weighted by molar-refractivity contribution is -0.318. The summed E-state index contributed by atoms with van der Waals surface area (Å²) in [6.07, 6.45) is 0.437. The van der Waals surface area contributed by atoms with E-state index < -0.39 is 52.7 Å². The highest BCUT2D eigenvalue weighted by Crippen LogP contribution is 2.73. The van der Waals surface area contributed by atoms with Gasteiger partial charge in [-0.15, -0.1) is 0 Å². The fourth-order valence-corrected chi connectivity index (χ4v) is 8.46. The first-order valence-corrected chi connectivity index (χ1v) is 12.9. The Kier molecular flexibility index (Phi) is 5.36. The largest absolute Gasteiger partial charge is 0.461 e. The van der Waals surface area contributed by atoms with Gasteiger partial charge in [0.1, 0.15) is 12.2 Å². The molecule has 2 heterocycles. The van der Waals surface area contributed by atoms with Crippen molar-refractivity contribution in [2.75, 3.05) is 6.61 Å². The summed E-state index contributed by atoms with van der Waals surface area (Å²) in [7, 11) is 0. The number of carbonyl (C=O) groups excluding carboxylic acids is 3. The summed E-state index contributed by atoms with van der Waals surface area (Å²) in [6, 6.07) is 9.28. The molecule has 0 amide bonds. The van der Waals surface area contributed by atoms with Crippen molar-refractivity contribution < 1.29 is 38.8 Å². The van der Waals surface area contributed by atoms with Crippen LogP contribution in [-0.4, -0.2) is 58.6 Å². The average Bonchev–Trinajstić information content (AvgIpc) is 3.16. The van der Waals surface area contributed by atoms with E-state index in [4.69, 9.17) is 14.2 Å². The van der Waals surface area contributed by atoms with Gasteiger partial charge in [0.15, 0.2) is 17.7 Å². The average molecular weight is 509 g/mol. The Labute approximate surface area is 215 Å². The minimum atomic E-state index is -1.99. The van der Waals surface area contributed by atoms with Crippen molar-refractivity contribution in [3.8, 4) is 0 Å². The SMILES string of the molecule is CC1=C2C[C@H]3OC(=O)C[C@H]4[C@@H](C)[C@@H](O)[C@@]5(O)OC[C@]34[C@H]5[C@@]2(C)[C@H](OC(=O)C=Cc2ccccc2)C(=O)C1.